The third kappa shape index (κ3) is 3.29. The zero-order valence-corrected chi connectivity index (χ0v) is 14.3. The van der Waals surface area contributed by atoms with Crippen molar-refractivity contribution in [3.05, 3.63) is 72.3 Å². The van der Waals surface area contributed by atoms with Gasteiger partial charge in [0.05, 0.1) is 17.6 Å². The predicted octanol–water partition coefficient (Wildman–Crippen LogP) is 2.67. The number of hydrogen-bond donors (Lipinski definition) is 1. The second-order valence-corrected chi connectivity index (χ2v) is 6.38. The highest BCUT2D eigenvalue weighted by Crippen LogP contribution is 2.24. The predicted molar refractivity (Wildman–Crippen MR) is 96.5 cm³/mol. The lowest BCUT2D eigenvalue weighted by atomic mass is 10.2. The lowest BCUT2D eigenvalue weighted by molar-refractivity contribution is 0.628. The molecule has 0 aliphatic rings. The molecule has 7 nitrogen and oxygen atoms in total. The molecular formula is C17H14FN7S. The van der Waals surface area contributed by atoms with Crippen LogP contribution in [-0.4, -0.2) is 29.9 Å². The second kappa shape index (κ2) is 6.96. The maximum absolute atomic E-state index is 13.0. The minimum absolute atomic E-state index is 0.312. The Hall–Kier alpha value is -3.20. The first-order valence-corrected chi connectivity index (χ1v) is 8.75. The van der Waals surface area contributed by atoms with Crippen LogP contribution in [0.1, 0.15) is 5.69 Å². The van der Waals surface area contributed by atoms with Gasteiger partial charge in [-0.2, -0.15) is 15.0 Å². The van der Waals surface area contributed by atoms with E-state index in [4.69, 9.17) is 5.84 Å². The highest BCUT2D eigenvalue weighted by Gasteiger charge is 2.13. The molecule has 0 aliphatic carbocycles. The van der Waals surface area contributed by atoms with Crippen LogP contribution in [0.5, 0.6) is 0 Å². The van der Waals surface area contributed by atoms with Crippen LogP contribution in [-0.2, 0) is 5.75 Å². The van der Waals surface area contributed by atoms with Crippen LogP contribution in [0.4, 0.5) is 4.39 Å². The van der Waals surface area contributed by atoms with Gasteiger partial charge in [-0.1, -0.05) is 30.0 Å². The fraction of sp³-hybridized carbons (Fsp3) is 0.0588. The first-order valence-electron chi connectivity index (χ1n) is 7.76. The maximum Gasteiger partial charge on any atom is 0.210 e. The fourth-order valence-corrected chi connectivity index (χ4v) is 3.09. The van der Waals surface area contributed by atoms with Crippen molar-refractivity contribution in [1.29, 1.82) is 0 Å². The number of hydrogen-bond acceptors (Lipinski definition) is 6. The van der Waals surface area contributed by atoms with Crippen LogP contribution in [0.15, 0.2) is 66.0 Å². The summed E-state index contributed by atoms with van der Waals surface area (Å²) in [5.74, 6) is 6.78. The third-order valence-electron chi connectivity index (χ3n) is 3.64. The zero-order chi connectivity index (χ0) is 17.9. The molecule has 0 saturated heterocycles. The quantitative estimate of drug-likeness (QED) is 0.431. The molecule has 0 spiro atoms. The van der Waals surface area contributed by atoms with Crippen molar-refractivity contribution in [3.63, 3.8) is 0 Å². The first kappa shape index (κ1) is 16.3. The Balaban J connectivity index is 1.47. The van der Waals surface area contributed by atoms with Gasteiger partial charge in [0.2, 0.25) is 5.16 Å². The van der Waals surface area contributed by atoms with Crippen molar-refractivity contribution >= 4 is 11.8 Å². The van der Waals surface area contributed by atoms with Gasteiger partial charge in [0, 0.05) is 11.3 Å². The Morgan fingerprint density at radius 1 is 1.00 bits per heavy atom. The van der Waals surface area contributed by atoms with Gasteiger partial charge in [0.1, 0.15) is 5.82 Å². The van der Waals surface area contributed by atoms with Crippen LogP contribution in [0.2, 0.25) is 0 Å². The smallest absolute Gasteiger partial charge is 0.210 e. The highest BCUT2D eigenvalue weighted by atomic mass is 32.2. The molecule has 0 amide bonds. The topological polar surface area (TPSA) is 87.4 Å². The van der Waals surface area contributed by atoms with Crippen LogP contribution in [0.25, 0.3) is 17.1 Å². The summed E-state index contributed by atoms with van der Waals surface area (Å²) in [6.45, 7) is 0. The number of nitrogens with zero attached hydrogens (tertiary/aromatic N) is 6. The molecule has 4 aromatic rings. The van der Waals surface area contributed by atoms with E-state index in [2.05, 4.69) is 20.4 Å². The van der Waals surface area contributed by atoms with Crippen molar-refractivity contribution in [1.82, 2.24) is 29.9 Å². The van der Waals surface area contributed by atoms with Crippen molar-refractivity contribution in [2.75, 3.05) is 5.84 Å². The second-order valence-electron chi connectivity index (χ2n) is 5.43. The molecule has 0 fully saturated rings. The van der Waals surface area contributed by atoms with Crippen molar-refractivity contribution in [2.24, 2.45) is 0 Å². The van der Waals surface area contributed by atoms with Gasteiger partial charge in [-0.15, -0.1) is 10.2 Å². The van der Waals surface area contributed by atoms with Gasteiger partial charge >= 0.3 is 0 Å². The van der Waals surface area contributed by atoms with Gasteiger partial charge in [-0.25, -0.2) is 9.07 Å². The standard InChI is InChI=1S/C17H14FN7S/c18-13-8-6-12(7-9-13)16-21-22-17(24(16)19)26-11-14-10-20-25(23-14)15-4-2-1-3-5-15/h1-10H,11,19H2. The van der Waals surface area contributed by atoms with Crippen LogP contribution in [0.3, 0.4) is 0 Å². The number of nitrogen functional groups attached to an aromatic ring is 1. The number of rotatable bonds is 5. The number of halogens is 1. The van der Waals surface area contributed by atoms with E-state index in [1.54, 1.807) is 23.1 Å². The van der Waals surface area contributed by atoms with E-state index in [1.165, 1.54) is 28.6 Å². The van der Waals surface area contributed by atoms with Crippen LogP contribution < -0.4 is 5.84 Å². The number of para-hydroxylation sites is 1. The molecule has 2 aromatic carbocycles. The van der Waals surface area contributed by atoms with Crippen molar-refractivity contribution < 1.29 is 4.39 Å². The average molecular weight is 367 g/mol. The number of nitrogens with two attached hydrogens (primary N) is 1. The Labute approximate surface area is 152 Å². The monoisotopic (exact) mass is 367 g/mol. The normalized spacial score (nSPS) is 11.0. The summed E-state index contributed by atoms with van der Waals surface area (Å²) < 4.78 is 14.4. The van der Waals surface area contributed by atoms with E-state index in [9.17, 15) is 4.39 Å². The fourth-order valence-electron chi connectivity index (χ4n) is 2.36. The van der Waals surface area contributed by atoms with Crippen molar-refractivity contribution in [3.8, 4) is 17.1 Å². The molecule has 0 saturated carbocycles. The average Bonchev–Trinajstić information content (AvgIpc) is 3.29. The van der Waals surface area contributed by atoms with Gasteiger partial charge in [0.15, 0.2) is 5.82 Å². The Bertz CT molecular complexity index is 1010. The summed E-state index contributed by atoms with van der Waals surface area (Å²) in [6.07, 6.45) is 1.71. The molecule has 130 valence electrons. The van der Waals surface area contributed by atoms with E-state index in [1.807, 2.05) is 30.3 Å². The Kier molecular flexibility index (Phi) is 4.36. The lowest BCUT2D eigenvalue weighted by Crippen LogP contribution is -2.11. The molecule has 4 rings (SSSR count). The molecule has 9 heteroatoms. The number of benzene rings is 2. The molecule has 0 bridgehead atoms. The molecule has 0 aliphatic heterocycles. The molecular weight excluding hydrogens is 353 g/mol. The lowest BCUT2D eigenvalue weighted by Gasteiger charge is -2.03. The summed E-state index contributed by atoms with van der Waals surface area (Å²) in [4.78, 5) is 1.58. The molecule has 0 radical (unpaired) electrons. The van der Waals surface area contributed by atoms with E-state index in [0.717, 1.165) is 11.4 Å². The third-order valence-corrected chi connectivity index (χ3v) is 4.62. The first-order chi connectivity index (χ1) is 12.7. The molecule has 0 atom stereocenters. The molecule has 2 aromatic heterocycles. The minimum atomic E-state index is -0.312. The summed E-state index contributed by atoms with van der Waals surface area (Å²) in [5.41, 5.74) is 2.39. The summed E-state index contributed by atoms with van der Waals surface area (Å²) >= 11 is 1.40. The molecule has 2 N–H and O–H groups in total. The molecule has 26 heavy (non-hydrogen) atoms. The Morgan fingerprint density at radius 2 is 1.77 bits per heavy atom. The zero-order valence-electron chi connectivity index (χ0n) is 13.5. The summed E-state index contributed by atoms with van der Waals surface area (Å²) in [5, 5.41) is 17.4. The highest BCUT2D eigenvalue weighted by molar-refractivity contribution is 7.98. The largest absolute Gasteiger partial charge is 0.335 e. The number of thioether (sulfide) groups is 1. The van der Waals surface area contributed by atoms with Gasteiger partial charge in [-0.05, 0) is 36.4 Å². The Morgan fingerprint density at radius 3 is 2.54 bits per heavy atom. The SMILES string of the molecule is Nn1c(SCc2cnn(-c3ccccc3)n2)nnc1-c1ccc(F)cc1. The molecule has 0 unspecified atom stereocenters. The van der Waals surface area contributed by atoms with Crippen LogP contribution in [0, 0.1) is 5.82 Å². The minimum Gasteiger partial charge on any atom is -0.335 e. The van der Waals surface area contributed by atoms with Gasteiger partial charge in [-0.3, -0.25) is 0 Å². The maximum atomic E-state index is 13.0. The van der Waals surface area contributed by atoms with E-state index in [-0.39, 0.29) is 5.82 Å². The van der Waals surface area contributed by atoms with Crippen LogP contribution >= 0.6 is 11.8 Å². The molecule has 2 heterocycles. The number of aromatic nitrogens is 6. The van der Waals surface area contributed by atoms with Crippen molar-refractivity contribution in [2.45, 2.75) is 10.9 Å². The van der Waals surface area contributed by atoms with Gasteiger partial charge < -0.3 is 5.84 Å². The van der Waals surface area contributed by atoms with E-state index < -0.39 is 0 Å². The summed E-state index contributed by atoms with van der Waals surface area (Å²) in [6, 6.07) is 15.6. The summed E-state index contributed by atoms with van der Waals surface area (Å²) in [7, 11) is 0. The van der Waals surface area contributed by atoms with E-state index in [0.29, 0.717) is 22.3 Å². The van der Waals surface area contributed by atoms with Gasteiger partial charge in [0.25, 0.3) is 0 Å². The van der Waals surface area contributed by atoms with E-state index >= 15 is 0 Å².